The number of esters is 1. The van der Waals surface area contributed by atoms with E-state index >= 15 is 0 Å². The van der Waals surface area contributed by atoms with Gasteiger partial charge in [0.05, 0.1) is 28.4 Å². The van der Waals surface area contributed by atoms with Crippen LogP contribution in [0.3, 0.4) is 0 Å². The van der Waals surface area contributed by atoms with E-state index in [0.29, 0.717) is 30.0 Å². The highest BCUT2D eigenvalue weighted by Gasteiger charge is 2.38. The number of carbonyl (C=O) groups is 4. The third-order valence-corrected chi connectivity index (χ3v) is 11.0. The Bertz CT molecular complexity index is 2290. The number of nitrogens with one attached hydrogen (secondary N) is 2. The zero-order valence-electron chi connectivity index (χ0n) is 34.9. The van der Waals surface area contributed by atoms with E-state index < -0.39 is 29.1 Å². The van der Waals surface area contributed by atoms with Crippen LogP contribution in [0.15, 0.2) is 84.9 Å². The van der Waals surface area contributed by atoms with Crippen LogP contribution in [-0.2, 0) is 25.2 Å². The fraction of sp³-hybridized carbons (Fsp3) is 0.391. The van der Waals surface area contributed by atoms with Crippen molar-refractivity contribution in [2.45, 2.75) is 105 Å². The summed E-state index contributed by atoms with van der Waals surface area (Å²) in [5.41, 5.74) is 2.82. The van der Waals surface area contributed by atoms with Crippen molar-refractivity contribution in [2.24, 2.45) is 5.41 Å². The zero-order valence-corrected chi connectivity index (χ0v) is 35.6. The molecule has 5 rings (SSSR count). The van der Waals surface area contributed by atoms with Gasteiger partial charge in [-0.15, -0.1) is 5.10 Å². The second-order valence-corrected chi connectivity index (χ2v) is 17.2. The summed E-state index contributed by atoms with van der Waals surface area (Å²) in [6, 6.07) is 22.9. The SMILES string of the molecule is CCC(C)(C)c1ccc(OCCCC(=O)Nc2ccc(Cl)c(NC(=O)C(C(=O)C(C)(C)C)n3nnc4ccc(C(=O)Oc5ccccc5)cc43)c2)c(C(C)(C)CC)c1. The van der Waals surface area contributed by atoms with Crippen LogP contribution in [0.2, 0.25) is 5.02 Å². The van der Waals surface area contributed by atoms with Gasteiger partial charge in [0, 0.05) is 23.1 Å². The minimum atomic E-state index is -1.49. The van der Waals surface area contributed by atoms with Gasteiger partial charge in [-0.1, -0.05) is 109 Å². The summed E-state index contributed by atoms with van der Waals surface area (Å²) in [6.07, 6.45) is 2.64. The monoisotopic (exact) mass is 807 g/mol. The molecule has 0 aliphatic carbocycles. The van der Waals surface area contributed by atoms with E-state index in [0.717, 1.165) is 24.2 Å². The molecule has 1 aromatic heterocycles. The Hall–Kier alpha value is -5.55. The summed E-state index contributed by atoms with van der Waals surface area (Å²) in [5, 5.41) is 14.2. The van der Waals surface area contributed by atoms with Crippen LogP contribution in [0, 0.1) is 5.41 Å². The number of aromatic nitrogens is 3. The van der Waals surface area contributed by atoms with Crippen LogP contribution >= 0.6 is 11.6 Å². The molecular weight excluding hydrogens is 754 g/mol. The Labute approximate surface area is 345 Å². The van der Waals surface area contributed by atoms with E-state index in [1.54, 1.807) is 69.3 Å². The van der Waals surface area contributed by atoms with E-state index in [-0.39, 0.29) is 44.9 Å². The third-order valence-electron chi connectivity index (χ3n) is 10.7. The summed E-state index contributed by atoms with van der Waals surface area (Å²) in [6.45, 7) is 18.7. The quantitative estimate of drug-likeness (QED) is 0.0434. The van der Waals surface area contributed by atoms with Gasteiger partial charge < -0.3 is 20.1 Å². The number of anilines is 2. The highest BCUT2D eigenvalue weighted by molar-refractivity contribution is 6.34. The number of carbonyl (C=O) groups excluding carboxylic acids is 4. The topological polar surface area (TPSA) is 142 Å². The second kappa shape index (κ2) is 17.9. The van der Waals surface area contributed by atoms with Crippen molar-refractivity contribution in [1.29, 1.82) is 0 Å². The Balaban J connectivity index is 1.28. The molecule has 0 saturated carbocycles. The summed E-state index contributed by atoms with van der Waals surface area (Å²) in [5.74, 6) is -0.870. The number of Topliss-reactive ketones (excluding diaryl/α,β-unsaturated/α-hetero) is 1. The number of nitrogens with zero attached hydrogens (tertiary/aromatic N) is 3. The lowest BCUT2D eigenvalue weighted by molar-refractivity contribution is -0.135. The number of rotatable bonds is 16. The van der Waals surface area contributed by atoms with Crippen LogP contribution in [0.5, 0.6) is 11.5 Å². The summed E-state index contributed by atoms with van der Waals surface area (Å²) in [7, 11) is 0. The van der Waals surface area contributed by atoms with Gasteiger partial charge in [-0.3, -0.25) is 14.4 Å². The molecule has 5 aromatic rings. The Morgan fingerprint density at radius 2 is 1.52 bits per heavy atom. The van der Waals surface area contributed by atoms with Crippen LogP contribution in [0.4, 0.5) is 11.4 Å². The molecule has 306 valence electrons. The number of halogens is 1. The highest BCUT2D eigenvalue weighted by Crippen LogP contribution is 2.39. The second-order valence-electron chi connectivity index (χ2n) is 16.8. The molecule has 0 aliphatic heterocycles. The van der Waals surface area contributed by atoms with Gasteiger partial charge in [-0.25, -0.2) is 9.48 Å². The molecule has 0 fully saturated rings. The fourth-order valence-electron chi connectivity index (χ4n) is 6.20. The largest absolute Gasteiger partial charge is 0.493 e. The molecule has 1 unspecified atom stereocenters. The Kier molecular flexibility index (Phi) is 13.5. The van der Waals surface area contributed by atoms with Gasteiger partial charge >= 0.3 is 5.97 Å². The van der Waals surface area contributed by atoms with Crippen molar-refractivity contribution >= 4 is 57.6 Å². The van der Waals surface area contributed by atoms with E-state index in [2.05, 4.69) is 80.7 Å². The number of ether oxygens (including phenoxy) is 2. The van der Waals surface area contributed by atoms with Gasteiger partial charge in [0.1, 0.15) is 17.0 Å². The summed E-state index contributed by atoms with van der Waals surface area (Å²) >= 11 is 6.54. The molecule has 2 N–H and O–H groups in total. The molecule has 12 heteroatoms. The van der Waals surface area contributed by atoms with E-state index in [9.17, 15) is 19.2 Å². The van der Waals surface area contributed by atoms with Crippen LogP contribution < -0.4 is 20.1 Å². The van der Waals surface area contributed by atoms with E-state index in [1.807, 2.05) is 0 Å². The van der Waals surface area contributed by atoms with Gasteiger partial charge in [0.2, 0.25) is 5.91 Å². The average molecular weight is 808 g/mol. The van der Waals surface area contributed by atoms with Crippen LogP contribution in [0.1, 0.15) is 116 Å². The fourth-order valence-corrected chi connectivity index (χ4v) is 6.36. The molecule has 11 nitrogen and oxygen atoms in total. The third kappa shape index (κ3) is 10.3. The minimum Gasteiger partial charge on any atom is -0.493 e. The molecule has 0 bridgehead atoms. The Morgan fingerprint density at radius 1 is 0.810 bits per heavy atom. The van der Waals surface area contributed by atoms with Crippen molar-refractivity contribution < 1.29 is 28.7 Å². The van der Waals surface area contributed by atoms with Gasteiger partial charge in [0.15, 0.2) is 11.8 Å². The van der Waals surface area contributed by atoms with Crippen LogP contribution in [-0.4, -0.2) is 45.2 Å². The molecule has 2 amide bonds. The number of para-hydroxylation sites is 1. The molecule has 58 heavy (non-hydrogen) atoms. The lowest BCUT2D eigenvalue weighted by Crippen LogP contribution is -2.39. The van der Waals surface area contributed by atoms with E-state index in [4.69, 9.17) is 21.1 Å². The highest BCUT2D eigenvalue weighted by atomic mass is 35.5. The van der Waals surface area contributed by atoms with Gasteiger partial charge in [0.25, 0.3) is 5.91 Å². The summed E-state index contributed by atoms with van der Waals surface area (Å²) < 4.78 is 13.0. The number of amides is 2. The van der Waals surface area contributed by atoms with Crippen molar-refractivity contribution in [3.05, 3.63) is 107 Å². The molecule has 1 atom stereocenters. The molecule has 4 aromatic carbocycles. The van der Waals surface area contributed by atoms with Gasteiger partial charge in [-0.05, 0) is 90.3 Å². The first-order valence-electron chi connectivity index (χ1n) is 19.7. The molecule has 0 saturated heterocycles. The lowest BCUT2D eigenvalue weighted by Gasteiger charge is -2.30. The molecule has 0 radical (unpaired) electrons. The number of fused-ring (bicyclic) bond motifs is 1. The normalized spacial score (nSPS) is 12.5. The van der Waals surface area contributed by atoms with Crippen molar-refractivity contribution in [1.82, 2.24) is 15.0 Å². The molecule has 0 aliphatic rings. The van der Waals surface area contributed by atoms with Crippen molar-refractivity contribution in [2.75, 3.05) is 17.2 Å². The molecular formula is C46H54ClN5O6. The standard InChI is InChI=1S/C46H54ClN5O6/c1-10-45(6,7)30-20-24-38(33(27-30)46(8,9)11-2)57-25-15-18-39(53)48-31-21-22-34(47)36(28-31)49-42(55)40(41(54)44(3,4)5)52-37-26-29(19-23-35(37)50-51-52)43(56)58-32-16-13-12-14-17-32/h12-14,16-17,19-24,26-28,40H,10-11,15,18,25H2,1-9H3,(H,48,53)(H,49,55). The molecule has 0 spiro atoms. The van der Waals surface area contributed by atoms with E-state index in [1.165, 1.54) is 28.4 Å². The van der Waals surface area contributed by atoms with Crippen molar-refractivity contribution in [3.63, 3.8) is 0 Å². The lowest BCUT2D eigenvalue weighted by atomic mass is 9.76. The maximum atomic E-state index is 14.1. The predicted octanol–water partition coefficient (Wildman–Crippen LogP) is 10.3. The summed E-state index contributed by atoms with van der Waals surface area (Å²) in [4.78, 5) is 54.1. The first kappa shape index (κ1) is 43.6. The first-order chi connectivity index (χ1) is 27.3. The minimum absolute atomic E-state index is 0.0451. The van der Waals surface area contributed by atoms with Crippen LogP contribution in [0.25, 0.3) is 11.0 Å². The van der Waals surface area contributed by atoms with Crippen molar-refractivity contribution in [3.8, 4) is 11.5 Å². The van der Waals surface area contributed by atoms with Gasteiger partial charge in [-0.2, -0.15) is 0 Å². The number of hydrogen-bond acceptors (Lipinski definition) is 8. The smallest absolute Gasteiger partial charge is 0.343 e. The molecule has 1 heterocycles. The maximum Gasteiger partial charge on any atom is 0.343 e. The average Bonchev–Trinajstić information content (AvgIpc) is 3.60. The first-order valence-corrected chi connectivity index (χ1v) is 20.1. The number of ketones is 1. The maximum absolute atomic E-state index is 14.1. The zero-order chi connectivity index (χ0) is 42.4. The number of benzene rings is 4. The predicted molar refractivity (Wildman–Crippen MR) is 229 cm³/mol. The number of hydrogen-bond donors (Lipinski definition) is 2. The Morgan fingerprint density at radius 3 is 2.19 bits per heavy atom.